The Hall–Kier alpha value is -2.49. The van der Waals surface area contributed by atoms with Crippen molar-refractivity contribution >= 4 is 17.8 Å². The van der Waals surface area contributed by atoms with E-state index in [0.29, 0.717) is 26.1 Å². The molecule has 1 heterocycles. The van der Waals surface area contributed by atoms with Gasteiger partial charge in [-0.05, 0) is 45.6 Å². The number of rotatable bonds is 12. The number of amides is 1. The molecular formula is C23H34N2O7. The van der Waals surface area contributed by atoms with Gasteiger partial charge in [0, 0.05) is 6.42 Å². The average Bonchev–Trinajstić information content (AvgIpc) is 2.77. The van der Waals surface area contributed by atoms with E-state index in [9.17, 15) is 19.5 Å². The van der Waals surface area contributed by atoms with E-state index in [2.05, 4.69) is 10.6 Å². The van der Waals surface area contributed by atoms with Crippen LogP contribution in [0.25, 0.3) is 0 Å². The lowest BCUT2D eigenvalue weighted by Gasteiger charge is -2.36. The SMILES string of the molecule is CCOC(=O)C(CCc1ccccc1)N[C@@H](C)C(=O)N[C@@H](CC1(C)OCCCO1)C(=O)O. The fourth-order valence-electron chi connectivity index (χ4n) is 3.51. The van der Waals surface area contributed by atoms with Crippen LogP contribution in [0.1, 0.15) is 45.6 Å². The second-order valence-corrected chi connectivity index (χ2v) is 8.01. The molecule has 2 rings (SSSR count). The van der Waals surface area contributed by atoms with Crippen LogP contribution >= 0.6 is 0 Å². The predicted octanol–water partition coefficient (Wildman–Crippen LogP) is 1.64. The first-order valence-electron chi connectivity index (χ1n) is 11.0. The van der Waals surface area contributed by atoms with Crippen molar-refractivity contribution in [3.8, 4) is 0 Å². The number of hydrogen-bond donors (Lipinski definition) is 3. The first-order chi connectivity index (χ1) is 15.2. The summed E-state index contributed by atoms with van der Waals surface area (Å²) in [5, 5.41) is 15.1. The molecule has 0 aromatic heterocycles. The summed E-state index contributed by atoms with van der Waals surface area (Å²) < 4.78 is 16.3. The zero-order valence-electron chi connectivity index (χ0n) is 19.0. The number of carboxylic acids is 1. The molecule has 32 heavy (non-hydrogen) atoms. The molecule has 3 atom stereocenters. The van der Waals surface area contributed by atoms with Crippen LogP contribution in [0.15, 0.2) is 30.3 Å². The maximum atomic E-state index is 12.7. The molecule has 0 radical (unpaired) electrons. The molecule has 1 unspecified atom stereocenters. The fraction of sp³-hybridized carbons (Fsp3) is 0.609. The molecule has 1 aliphatic heterocycles. The summed E-state index contributed by atoms with van der Waals surface area (Å²) in [5.74, 6) is -3.25. The number of carbonyl (C=O) groups is 3. The summed E-state index contributed by atoms with van der Waals surface area (Å²) in [5.41, 5.74) is 1.06. The van der Waals surface area contributed by atoms with E-state index in [0.717, 1.165) is 12.0 Å². The highest BCUT2D eigenvalue weighted by atomic mass is 16.7. The molecule has 1 saturated heterocycles. The van der Waals surface area contributed by atoms with Gasteiger partial charge in [0.1, 0.15) is 12.1 Å². The Balaban J connectivity index is 1.98. The summed E-state index contributed by atoms with van der Waals surface area (Å²) in [7, 11) is 0. The Kier molecular flexibility index (Phi) is 10.1. The Morgan fingerprint density at radius 2 is 1.81 bits per heavy atom. The highest BCUT2D eigenvalue weighted by Crippen LogP contribution is 2.24. The first-order valence-corrected chi connectivity index (χ1v) is 11.0. The number of benzene rings is 1. The standard InChI is InChI=1S/C23H34N2O7/c1-4-30-22(29)18(12-11-17-9-6-5-7-10-17)24-16(2)20(26)25-19(21(27)28)15-23(3)31-13-8-14-32-23/h5-7,9-10,16,18-19,24H,4,8,11-15H2,1-3H3,(H,25,26)(H,27,28)/t16-,18?,19-/m0/s1. The number of hydrogen-bond acceptors (Lipinski definition) is 7. The van der Waals surface area contributed by atoms with E-state index in [1.807, 2.05) is 30.3 Å². The topological polar surface area (TPSA) is 123 Å². The third-order valence-corrected chi connectivity index (χ3v) is 5.27. The Morgan fingerprint density at radius 3 is 2.41 bits per heavy atom. The third-order valence-electron chi connectivity index (χ3n) is 5.27. The lowest BCUT2D eigenvalue weighted by Crippen LogP contribution is -2.55. The monoisotopic (exact) mass is 450 g/mol. The maximum absolute atomic E-state index is 12.7. The van der Waals surface area contributed by atoms with Crippen LogP contribution in [0.4, 0.5) is 0 Å². The lowest BCUT2D eigenvalue weighted by atomic mass is 10.0. The van der Waals surface area contributed by atoms with Gasteiger partial charge in [-0.2, -0.15) is 0 Å². The minimum atomic E-state index is -1.19. The fourth-order valence-corrected chi connectivity index (χ4v) is 3.51. The summed E-state index contributed by atoms with van der Waals surface area (Å²) in [6.45, 7) is 6.13. The average molecular weight is 451 g/mol. The van der Waals surface area contributed by atoms with Crippen LogP contribution in [-0.4, -0.2) is 66.7 Å². The molecule has 1 aromatic rings. The van der Waals surface area contributed by atoms with Crippen LogP contribution in [0, 0.1) is 0 Å². The molecule has 1 amide bonds. The van der Waals surface area contributed by atoms with Crippen LogP contribution in [0.3, 0.4) is 0 Å². The van der Waals surface area contributed by atoms with Crippen LogP contribution in [0.5, 0.6) is 0 Å². The van der Waals surface area contributed by atoms with Crippen molar-refractivity contribution in [3.05, 3.63) is 35.9 Å². The summed E-state index contributed by atoms with van der Waals surface area (Å²) in [4.78, 5) is 36.9. The summed E-state index contributed by atoms with van der Waals surface area (Å²) in [6.07, 6.45) is 1.76. The molecule has 178 valence electrons. The Morgan fingerprint density at radius 1 is 1.16 bits per heavy atom. The summed E-state index contributed by atoms with van der Waals surface area (Å²) in [6, 6.07) is 6.97. The quantitative estimate of drug-likeness (QED) is 0.411. The zero-order valence-corrected chi connectivity index (χ0v) is 19.0. The van der Waals surface area contributed by atoms with Crippen molar-refractivity contribution in [3.63, 3.8) is 0 Å². The minimum absolute atomic E-state index is 0.0316. The zero-order chi connectivity index (χ0) is 23.6. The molecule has 1 aromatic carbocycles. The summed E-state index contributed by atoms with van der Waals surface area (Å²) >= 11 is 0. The van der Waals surface area contributed by atoms with E-state index in [4.69, 9.17) is 14.2 Å². The Bertz CT molecular complexity index is 750. The molecular weight excluding hydrogens is 416 g/mol. The van der Waals surface area contributed by atoms with Gasteiger partial charge >= 0.3 is 11.9 Å². The molecule has 3 N–H and O–H groups in total. The van der Waals surface area contributed by atoms with Crippen molar-refractivity contribution < 1.29 is 33.7 Å². The lowest BCUT2D eigenvalue weighted by molar-refractivity contribution is -0.261. The van der Waals surface area contributed by atoms with E-state index < -0.39 is 41.8 Å². The molecule has 1 aliphatic rings. The first kappa shape index (κ1) is 25.8. The number of carbonyl (C=O) groups excluding carboxylic acids is 2. The van der Waals surface area contributed by atoms with E-state index in [-0.39, 0.29) is 13.0 Å². The molecule has 0 saturated carbocycles. The van der Waals surface area contributed by atoms with Crippen LogP contribution in [-0.2, 0) is 35.0 Å². The molecule has 1 fully saturated rings. The van der Waals surface area contributed by atoms with E-state index >= 15 is 0 Å². The van der Waals surface area contributed by atoms with Gasteiger partial charge in [-0.15, -0.1) is 0 Å². The van der Waals surface area contributed by atoms with Gasteiger partial charge in [0.25, 0.3) is 0 Å². The van der Waals surface area contributed by atoms with Gasteiger partial charge in [0.2, 0.25) is 5.91 Å². The van der Waals surface area contributed by atoms with Crippen molar-refractivity contribution in [1.29, 1.82) is 0 Å². The van der Waals surface area contributed by atoms with Gasteiger partial charge in [-0.3, -0.25) is 14.9 Å². The number of carboxylic acid groups (broad SMARTS) is 1. The van der Waals surface area contributed by atoms with Gasteiger partial charge in [-0.1, -0.05) is 30.3 Å². The molecule has 9 nitrogen and oxygen atoms in total. The van der Waals surface area contributed by atoms with E-state index in [1.54, 1.807) is 20.8 Å². The van der Waals surface area contributed by atoms with Crippen molar-refractivity contribution in [2.45, 2.75) is 70.4 Å². The second kappa shape index (κ2) is 12.5. The number of nitrogens with one attached hydrogen (secondary N) is 2. The van der Waals surface area contributed by atoms with Gasteiger partial charge < -0.3 is 24.6 Å². The molecule has 0 aliphatic carbocycles. The van der Waals surface area contributed by atoms with Gasteiger partial charge in [-0.25, -0.2) is 4.79 Å². The normalized spacial score (nSPS) is 18.2. The van der Waals surface area contributed by atoms with Gasteiger partial charge in [0.15, 0.2) is 5.79 Å². The smallest absolute Gasteiger partial charge is 0.326 e. The van der Waals surface area contributed by atoms with Crippen LogP contribution in [0.2, 0.25) is 0 Å². The number of esters is 1. The molecule has 9 heteroatoms. The predicted molar refractivity (Wildman–Crippen MR) is 117 cm³/mol. The van der Waals surface area contributed by atoms with Crippen molar-refractivity contribution in [2.24, 2.45) is 0 Å². The largest absolute Gasteiger partial charge is 0.480 e. The Labute approximate surface area is 188 Å². The van der Waals surface area contributed by atoms with Gasteiger partial charge in [0.05, 0.1) is 25.9 Å². The van der Waals surface area contributed by atoms with E-state index in [1.165, 1.54) is 0 Å². The molecule has 0 bridgehead atoms. The third kappa shape index (κ3) is 8.22. The van der Waals surface area contributed by atoms with Crippen molar-refractivity contribution in [1.82, 2.24) is 10.6 Å². The highest BCUT2D eigenvalue weighted by Gasteiger charge is 2.36. The van der Waals surface area contributed by atoms with Crippen LogP contribution < -0.4 is 10.6 Å². The maximum Gasteiger partial charge on any atom is 0.326 e. The van der Waals surface area contributed by atoms with Crippen molar-refractivity contribution in [2.75, 3.05) is 19.8 Å². The minimum Gasteiger partial charge on any atom is -0.480 e. The second-order valence-electron chi connectivity index (χ2n) is 8.01. The number of aliphatic carboxylic acids is 1. The number of ether oxygens (including phenoxy) is 3. The highest BCUT2D eigenvalue weighted by molar-refractivity contribution is 5.87. The molecule has 0 spiro atoms. The number of aryl methyl sites for hydroxylation is 1.